The smallest absolute Gasteiger partial charge is 0.259 e. The lowest BCUT2D eigenvalue weighted by Gasteiger charge is -2.08. The number of nitrogens with one attached hydrogen (secondary N) is 2. The number of nitrogens with zero attached hydrogens (tertiary/aromatic N) is 1. The monoisotopic (exact) mass is 405 g/mol. The highest BCUT2D eigenvalue weighted by atomic mass is 32.2. The van der Waals surface area contributed by atoms with E-state index in [-0.39, 0.29) is 12.4 Å². The topological polar surface area (TPSA) is 76.2 Å². The summed E-state index contributed by atoms with van der Waals surface area (Å²) in [6.07, 6.45) is 0. The summed E-state index contributed by atoms with van der Waals surface area (Å²) in [6, 6.07) is 7.66. The standard InChI is InChI=1S/C17H15N3O3S3/c1-9-4-11-15(21)19-14(20-16(11)26-9)7-25-17(24)18-6-10-2-3-12-13(5-10)23-8-22-12/h2-5H,6-8H2,1H3,(H,18,24)(H,19,20,21). The van der Waals surface area contributed by atoms with E-state index in [4.69, 9.17) is 21.7 Å². The van der Waals surface area contributed by atoms with Gasteiger partial charge in [-0.2, -0.15) is 0 Å². The van der Waals surface area contributed by atoms with Crippen molar-refractivity contribution in [2.75, 3.05) is 6.79 Å². The Hall–Kier alpha value is -2.10. The van der Waals surface area contributed by atoms with Crippen LogP contribution in [0.4, 0.5) is 0 Å². The van der Waals surface area contributed by atoms with Gasteiger partial charge in [-0.3, -0.25) is 4.79 Å². The number of aromatic nitrogens is 2. The van der Waals surface area contributed by atoms with Crippen molar-refractivity contribution in [1.29, 1.82) is 0 Å². The van der Waals surface area contributed by atoms with Gasteiger partial charge in [0.05, 0.1) is 11.1 Å². The van der Waals surface area contributed by atoms with E-state index in [1.54, 1.807) is 0 Å². The Morgan fingerprint density at radius 1 is 1.38 bits per heavy atom. The lowest BCUT2D eigenvalue weighted by atomic mass is 10.2. The summed E-state index contributed by atoms with van der Waals surface area (Å²) in [6.45, 7) is 2.82. The molecule has 1 aromatic carbocycles. The predicted octanol–water partition coefficient (Wildman–Crippen LogP) is 3.33. The van der Waals surface area contributed by atoms with Crippen LogP contribution in [0.2, 0.25) is 0 Å². The minimum absolute atomic E-state index is 0.103. The second-order valence-electron chi connectivity index (χ2n) is 5.71. The fraction of sp³-hybridized carbons (Fsp3) is 0.235. The summed E-state index contributed by atoms with van der Waals surface area (Å²) in [5, 5.41) is 3.84. The summed E-state index contributed by atoms with van der Waals surface area (Å²) < 4.78 is 11.3. The molecule has 2 N–H and O–H groups in total. The number of rotatable bonds is 4. The molecule has 3 aromatic rings. The Balaban J connectivity index is 1.34. The van der Waals surface area contributed by atoms with Gasteiger partial charge in [0.15, 0.2) is 11.5 Å². The van der Waals surface area contributed by atoms with Gasteiger partial charge in [0.1, 0.15) is 15.0 Å². The molecule has 1 aliphatic heterocycles. The summed E-state index contributed by atoms with van der Waals surface area (Å²) in [5.74, 6) is 2.65. The van der Waals surface area contributed by atoms with Gasteiger partial charge < -0.3 is 19.8 Å². The molecule has 6 nitrogen and oxygen atoms in total. The van der Waals surface area contributed by atoms with E-state index in [9.17, 15) is 4.79 Å². The van der Waals surface area contributed by atoms with Gasteiger partial charge >= 0.3 is 0 Å². The zero-order chi connectivity index (χ0) is 18.1. The molecule has 0 saturated carbocycles. The lowest BCUT2D eigenvalue weighted by Crippen LogP contribution is -2.18. The Bertz CT molecular complexity index is 1040. The summed E-state index contributed by atoms with van der Waals surface area (Å²) in [5.41, 5.74) is 0.952. The number of aryl methyl sites for hydroxylation is 1. The number of hydrogen-bond acceptors (Lipinski definition) is 7. The molecule has 0 atom stereocenters. The van der Waals surface area contributed by atoms with E-state index in [2.05, 4.69) is 15.3 Å². The number of ether oxygens (including phenoxy) is 2. The third-order valence-corrected chi connectivity index (χ3v) is 6.06. The van der Waals surface area contributed by atoms with Crippen molar-refractivity contribution < 1.29 is 9.47 Å². The molecule has 0 radical (unpaired) electrons. The molecule has 1 aliphatic rings. The summed E-state index contributed by atoms with van der Waals surface area (Å²) >= 11 is 8.32. The van der Waals surface area contributed by atoms with Gasteiger partial charge in [-0.25, -0.2) is 4.98 Å². The van der Waals surface area contributed by atoms with Gasteiger partial charge in [-0.1, -0.05) is 30.0 Å². The molecule has 4 rings (SSSR count). The number of benzene rings is 1. The SMILES string of the molecule is Cc1cc2c(=O)[nH]c(CSC(=S)NCc3ccc4c(c3)OCO4)nc2s1. The van der Waals surface area contributed by atoms with Crippen molar-refractivity contribution in [1.82, 2.24) is 15.3 Å². The lowest BCUT2D eigenvalue weighted by molar-refractivity contribution is 0.174. The molecule has 26 heavy (non-hydrogen) atoms. The number of aromatic amines is 1. The minimum atomic E-state index is -0.103. The van der Waals surface area contributed by atoms with Crippen molar-refractivity contribution in [2.45, 2.75) is 19.2 Å². The molecule has 0 saturated heterocycles. The average Bonchev–Trinajstić information content (AvgIpc) is 3.23. The minimum Gasteiger partial charge on any atom is -0.454 e. The van der Waals surface area contributed by atoms with Crippen LogP contribution in [-0.4, -0.2) is 21.1 Å². The quantitative estimate of drug-likeness (QED) is 0.645. The summed E-state index contributed by atoms with van der Waals surface area (Å²) in [4.78, 5) is 21.3. The van der Waals surface area contributed by atoms with E-state index in [0.717, 1.165) is 26.8 Å². The maximum absolute atomic E-state index is 12.1. The van der Waals surface area contributed by atoms with Gasteiger partial charge in [0, 0.05) is 11.4 Å². The number of fused-ring (bicyclic) bond motifs is 2. The van der Waals surface area contributed by atoms with Crippen molar-refractivity contribution in [3.05, 3.63) is 50.9 Å². The number of thiophene rings is 1. The first kappa shape index (κ1) is 17.3. The van der Waals surface area contributed by atoms with Crippen LogP contribution in [0, 0.1) is 6.92 Å². The van der Waals surface area contributed by atoms with Crippen LogP contribution >= 0.6 is 35.3 Å². The molecule has 0 aliphatic carbocycles. The van der Waals surface area contributed by atoms with Crippen molar-refractivity contribution in [3.63, 3.8) is 0 Å². The van der Waals surface area contributed by atoms with E-state index in [0.29, 0.717) is 27.8 Å². The van der Waals surface area contributed by atoms with E-state index < -0.39 is 0 Å². The van der Waals surface area contributed by atoms with Gasteiger partial charge in [-0.15, -0.1) is 11.3 Å². The van der Waals surface area contributed by atoms with Crippen LogP contribution < -0.4 is 20.3 Å². The van der Waals surface area contributed by atoms with Crippen LogP contribution in [0.25, 0.3) is 10.2 Å². The molecule has 3 heterocycles. The van der Waals surface area contributed by atoms with Gasteiger partial charge in [-0.05, 0) is 30.7 Å². The van der Waals surface area contributed by atoms with Crippen LogP contribution in [0.3, 0.4) is 0 Å². The van der Waals surface area contributed by atoms with E-state index in [1.807, 2.05) is 31.2 Å². The number of H-pyrrole nitrogens is 1. The maximum Gasteiger partial charge on any atom is 0.259 e. The molecule has 2 aromatic heterocycles. The molecule has 0 bridgehead atoms. The summed E-state index contributed by atoms with van der Waals surface area (Å²) in [7, 11) is 0. The highest BCUT2D eigenvalue weighted by Crippen LogP contribution is 2.32. The molecule has 0 unspecified atom stereocenters. The Labute approximate surface area is 162 Å². The molecule has 134 valence electrons. The third kappa shape index (κ3) is 3.69. The molecular weight excluding hydrogens is 390 g/mol. The van der Waals surface area contributed by atoms with Crippen LogP contribution in [0.1, 0.15) is 16.3 Å². The highest BCUT2D eigenvalue weighted by Gasteiger charge is 2.13. The first-order valence-corrected chi connectivity index (χ1v) is 10.1. The Morgan fingerprint density at radius 3 is 3.12 bits per heavy atom. The molecular formula is C17H15N3O3S3. The average molecular weight is 406 g/mol. The highest BCUT2D eigenvalue weighted by molar-refractivity contribution is 8.22. The van der Waals surface area contributed by atoms with Crippen molar-refractivity contribution in [3.8, 4) is 11.5 Å². The first-order valence-electron chi connectivity index (χ1n) is 7.87. The normalized spacial score (nSPS) is 12.5. The second-order valence-corrected chi connectivity index (χ2v) is 8.59. The third-order valence-electron chi connectivity index (χ3n) is 3.79. The Kier molecular flexibility index (Phi) is 4.84. The van der Waals surface area contributed by atoms with Crippen LogP contribution in [-0.2, 0) is 12.3 Å². The largest absolute Gasteiger partial charge is 0.454 e. The van der Waals surface area contributed by atoms with Gasteiger partial charge in [0.2, 0.25) is 6.79 Å². The molecule has 0 spiro atoms. The fourth-order valence-corrected chi connectivity index (χ4v) is 4.30. The van der Waals surface area contributed by atoms with Crippen molar-refractivity contribution >= 4 is 49.9 Å². The van der Waals surface area contributed by atoms with Crippen LogP contribution in [0.15, 0.2) is 29.1 Å². The Morgan fingerprint density at radius 2 is 2.23 bits per heavy atom. The second kappa shape index (κ2) is 7.26. The number of thiocarbonyl (C=S) groups is 1. The van der Waals surface area contributed by atoms with Crippen molar-refractivity contribution in [2.24, 2.45) is 0 Å². The maximum atomic E-state index is 12.1. The number of hydrogen-bond donors (Lipinski definition) is 2. The fourth-order valence-electron chi connectivity index (χ4n) is 2.57. The number of thioether (sulfide) groups is 1. The van der Waals surface area contributed by atoms with E-state index >= 15 is 0 Å². The predicted molar refractivity (Wildman–Crippen MR) is 108 cm³/mol. The molecule has 0 amide bonds. The van der Waals surface area contributed by atoms with E-state index in [1.165, 1.54) is 23.1 Å². The molecule has 0 fully saturated rings. The van der Waals surface area contributed by atoms with Crippen LogP contribution in [0.5, 0.6) is 11.5 Å². The zero-order valence-electron chi connectivity index (χ0n) is 13.8. The zero-order valence-corrected chi connectivity index (χ0v) is 16.3. The van der Waals surface area contributed by atoms with Gasteiger partial charge in [0.25, 0.3) is 5.56 Å². The first-order chi connectivity index (χ1) is 12.6. The molecule has 9 heteroatoms.